The molecule has 0 aromatic heterocycles. The minimum absolute atomic E-state index is 0.235. The van der Waals surface area contributed by atoms with Gasteiger partial charge in [0.1, 0.15) is 11.6 Å². The average Bonchev–Trinajstić information content (AvgIpc) is 2.15. The van der Waals surface area contributed by atoms with Gasteiger partial charge in [0.15, 0.2) is 0 Å². The summed E-state index contributed by atoms with van der Waals surface area (Å²) in [6.45, 7) is 1.63. The number of hydrogen-bond donors (Lipinski definition) is 1. The molecule has 4 nitrogen and oxygen atoms in total. The smallest absolute Gasteiger partial charge is 0.267 e. The molecule has 1 aromatic carbocycles. The van der Waals surface area contributed by atoms with Gasteiger partial charge in [-0.1, -0.05) is 6.92 Å². The minimum atomic E-state index is -3.77. The third-order valence-corrected chi connectivity index (χ3v) is 3.34. The Labute approximate surface area is 97.7 Å². The predicted molar refractivity (Wildman–Crippen MR) is 57.9 cm³/mol. The summed E-state index contributed by atoms with van der Waals surface area (Å²) in [5.74, 6) is -3.28. The Balaban J connectivity index is 2.91. The summed E-state index contributed by atoms with van der Waals surface area (Å²) < 4.78 is 50.0. The highest BCUT2D eigenvalue weighted by molar-refractivity contribution is 7.90. The van der Waals surface area contributed by atoms with E-state index in [2.05, 4.69) is 0 Å². The second-order valence-corrected chi connectivity index (χ2v) is 5.22. The van der Waals surface area contributed by atoms with Gasteiger partial charge in [0, 0.05) is 6.07 Å². The minimum Gasteiger partial charge on any atom is -0.268 e. The van der Waals surface area contributed by atoms with E-state index in [1.54, 1.807) is 11.6 Å². The van der Waals surface area contributed by atoms with Gasteiger partial charge in [0.05, 0.1) is 11.3 Å². The maximum absolute atomic E-state index is 13.2. The molecule has 1 N–H and O–H groups in total. The molecule has 0 atom stereocenters. The maximum atomic E-state index is 13.2. The van der Waals surface area contributed by atoms with Gasteiger partial charge < -0.3 is 0 Å². The molecule has 1 amide bonds. The van der Waals surface area contributed by atoms with Crippen LogP contribution >= 0.6 is 0 Å². The fourth-order valence-electron chi connectivity index (χ4n) is 1.19. The summed E-state index contributed by atoms with van der Waals surface area (Å²) in [6, 6.07) is 2.28. The van der Waals surface area contributed by atoms with Gasteiger partial charge in [-0.3, -0.25) is 4.79 Å². The zero-order valence-electron chi connectivity index (χ0n) is 9.04. The molecule has 0 saturated heterocycles. The van der Waals surface area contributed by atoms with Crippen LogP contribution in [0.5, 0.6) is 0 Å². The van der Waals surface area contributed by atoms with Gasteiger partial charge in [-0.2, -0.15) is 0 Å². The first-order chi connectivity index (χ1) is 7.85. The van der Waals surface area contributed by atoms with Crippen molar-refractivity contribution in [3.63, 3.8) is 0 Å². The van der Waals surface area contributed by atoms with Crippen LogP contribution in [0.3, 0.4) is 0 Å². The van der Waals surface area contributed by atoms with Crippen molar-refractivity contribution >= 4 is 15.9 Å². The van der Waals surface area contributed by atoms with Crippen molar-refractivity contribution in [1.82, 2.24) is 4.72 Å². The second-order valence-electron chi connectivity index (χ2n) is 3.37. The first-order valence-electron chi connectivity index (χ1n) is 4.85. The van der Waals surface area contributed by atoms with Gasteiger partial charge in [0.2, 0.25) is 10.0 Å². The SMILES string of the molecule is CCCS(=O)(=O)NC(=O)c1ccc(F)cc1F. The fourth-order valence-corrected chi connectivity index (χ4v) is 2.22. The standard InChI is InChI=1S/C10H11F2NO3S/c1-2-5-17(15,16)13-10(14)8-4-3-7(11)6-9(8)12/h3-4,6H,2,5H2,1H3,(H,13,14). The number of halogens is 2. The lowest BCUT2D eigenvalue weighted by molar-refractivity contribution is 0.0977. The lowest BCUT2D eigenvalue weighted by Crippen LogP contribution is -2.32. The number of nitrogens with one attached hydrogen (secondary N) is 1. The van der Waals surface area contributed by atoms with Crippen LogP contribution in [-0.2, 0) is 10.0 Å². The molecule has 7 heteroatoms. The molecular formula is C10H11F2NO3S. The average molecular weight is 263 g/mol. The monoisotopic (exact) mass is 263 g/mol. The van der Waals surface area contributed by atoms with Gasteiger partial charge >= 0.3 is 0 Å². The van der Waals surface area contributed by atoms with Crippen molar-refractivity contribution < 1.29 is 22.0 Å². The van der Waals surface area contributed by atoms with Gasteiger partial charge in [-0.25, -0.2) is 21.9 Å². The van der Waals surface area contributed by atoms with E-state index in [9.17, 15) is 22.0 Å². The highest BCUT2D eigenvalue weighted by Gasteiger charge is 2.18. The molecule has 0 saturated carbocycles. The molecule has 0 radical (unpaired) electrons. The summed E-state index contributed by atoms with van der Waals surface area (Å²) in [7, 11) is -3.77. The van der Waals surface area contributed by atoms with E-state index in [0.717, 1.165) is 12.1 Å². The van der Waals surface area contributed by atoms with Crippen LogP contribution in [0, 0.1) is 11.6 Å². The number of benzene rings is 1. The van der Waals surface area contributed by atoms with Crippen molar-refractivity contribution in [2.45, 2.75) is 13.3 Å². The Morgan fingerprint density at radius 1 is 1.35 bits per heavy atom. The van der Waals surface area contributed by atoms with E-state index >= 15 is 0 Å². The van der Waals surface area contributed by atoms with Gasteiger partial charge in [-0.05, 0) is 18.6 Å². The van der Waals surface area contributed by atoms with Crippen LogP contribution in [0.25, 0.3) is 0 Å². The molecule has 1 aromatic rings. The van der Waals surface area contributed by atoms with Crippen molar-refractivity contribution in [2.24, 2.45) is 0 Å². The zero-order chi connectivity index (χ0) is 13.1. The predicted octanol–water partition coefficient (Wildman–Crippen LogP) is 1.43. The van der Waals surface area contributed by atoms with Crippen molar-refractivity contribution in [3.05, 3.63) is 35.4 Å². The number of sulfonamides is 1. The molecule has 0 bridgehead atoms. The van der Waals surface area contributed by atoms with Crippen molar-refractivity contribution in [1.29, 1.82) is 0 Å². The Kier molecular flexibility index (Phi) is 4.17. The molecule has 17 heavy (non-hydrogen) atoms. The molecule has 0 heterocycles. The number of rotatable bonds is 4. The van der Waals surface area contributed by atoms with E-state index in [0.29, 0.717) is 12.5 Å². The molecule has 0 aliphatic rings. The van der Waals surface area contributed by atoms with E-state index in [4.69, 9.17) is 0 Å². The molecule has 0 aliphatic carbocycles. The zero-order valence-corrected chi connectivity index (χ0v) is 9.85. The van der Waals surface area contributed by atoms with Crippen LogP contribution in [0.2, 0.25) is 0 Å². The van der Waals surface area contributed by atoms with Crippen molar-refractivity contribution in [2.75, 3.05) is 5.75 Å². The Morgan fingerprint density at radius 3 is 2.53 bits per heavy atom. The highest BCUT2D eigenvalue weighted by atomic mass is 32.2. The number of carbonyl (C=O) groups excluding carboxylic acids is 1. The summed E-state index contributed by atoms with van der Waals surface area (Å²) in [5, 5.41) is 0. The summed E-state index contributed by atoms with van der Waals surface area (Å²) >= 11 is 0. The maximum Gasteiger partial charge on any atom is 0.267 e. The van der Waals surface area contributed by atoms with Gasteiger partial charge in [0.25, 0.3) is 5.91 Å². The van der Waals surface area contributed by atoms with E-state index in [-0.39, 0.29) is 5.75 Å². The Bertz CT molecular complexity index is 528. The van der Waals surface area contributed by atoms with Crippen molar-refractivity contribution in [3.8, 4) is 0 Å². The molecule has 0 spiro atoms. The number of hydrogen-bond acceptors (Lipinski definition) is 3. The lowest BCUT2D eigenvalue weighted by atomic mass is 10.2. The largest absolute Gasteiger partial charge is 0.268 e. The number of amides is 1. The Hall–Kier alpha value is -1.50. The molecule has 0 fully saturated rings. The topological polar surface area (TPSA) is 63.2 Å². The lowest BCUT2D eigenvalue weighted by Gasteiger charge is -2.06. The van der Waals surface area contributed by atoms with E-state index in [1.165, 1.54) is 0 Å². The Morgan fingerprint density at radius 2 is 2.00 bits per heavy atom. The molecule has 0 unspecified atom stereocenters. The third-order valence-electron chi connectivity index (χ3n) is 1.90. The van der Waals surface area contributed by atoms with Gasteiger partial charge in [-0.15, -0.1) is 0 Å². The summed E-state index contributed by atoms with van der Waals surface area (Å²) in [6.07, 6.45) is 0.328. The van der Waals surface area contributed by atoms with Crippen LogP contribution in [0.15, 0.2) is 18.2 Å². The highest BCUT2D eigenvalue weighted by Crippen LogP contribution is 2.09. The molecule has 94 valence electrons. The summed E-state index contributed by atoms with van der Waals surface area (Å²) in [5.41, 5.74) is -0.508. The second kappa shape index (κ2) is 5.22. The first kappa shape index (κ1) is 13.6. The van der Waals surface area contributed by atoms with E-state index in [1.807, 2.05) is 0 Å². The van der Waals surface area contributed by atoms with Crippen LogP contribution in [-0.4, -0.2) is 20.1 Å². The normalized spacial score (nSPS) is 11.2. The fraction of sp³-hybridized carbons (Fsp3) is 0.300. The van der Waals surface area contributed by atoms with Crippen LogP contribution in [0.4, 0.5) is 8.78 Å². The van der Waals surface area contributed by atoms with Crippen LogP contribution in [0.1, 0.15) is 23.7 Å². The molecular weight excluding hydrogens is 252 g/mol. The quantitative estimate of drug-likeness (QED) is 0.894. The first-order valence-corrected chi connectivity index (χ1v) is 6.51. The van der Waals surface area contributed by atoms with E-state index < -0.39 is 33.1 Å². The summed E-state index contributed by atoms with van der Waals surface area (Å²) in [4.78, 5) is 11.4. The number of carbonyl (C=O) groups is 1. The molecule has 0 aliphatic heterocycles. The van der Waals surface area contributed by atoms with Crippen LogP contribution < -0.4 is 4.72 Å². The molecule has 1 rings (SSSR count). The third kappa shape index (κ3) is 3.77.